The van der Waals surface area contributed by atoms with Crippen molar-refractivity contribution in [2.45, 2.75) is 19.8 Å². The van der Waals surface area contributed by atoms with Crippen LogP contribution >= 0.6 is 11.6 Å². The van der Waals surface area contributed by atoms with Gasteiger partial charge in [0.1, 0.15) is 5.82 Å². The molecule has 20 heavy (non-hydrogen) atoms. The van der Waals surface area contributed by atoms with Gasteiger partial charge in [-0.3, -0.25) is 0 Å². The Morgan fingerprint density at radius 2 is 1.90 bits per heavy atom. The zero-order chi connectivity index (χ0) is 14.5. The van der Waals surface area contributed by atoms with Crippen molar-refractivity contribution in [2.24, 2.45) is 5.92 Å². The highest BCUT2D eigenvalue weighted by Gasteiger charge is 2.15. The van der Waals surface area contributed by atoms with E-state index in [0.717, 1.165) is 5.56 Å². The Labute approximate surface area is 124 Å². The van der Waals surface area contributed by atoms with Gasteiger partial charge in [-0.25, -0.2) is 4.39 Å². The Kier molecular flexibility index (Phi) is 5.16. The van der Waals surface area contributed by atoms with E-state index >= 15 is 0 Å². The number of hydrogen-bond donors (Lipinski definition) is 1. The third-order valence-corrected chi connectivity index (χ3v) is 3.77. The molecule has 0 aromatic heterocycles. The van der Waals surface area contributed by atoms with Crippen molar-refractivity contribution in [2.75, 3.05) is 6.61 Å². The van der Waals surface area contributed by atoms with E-state index in [1.165, 1.54) is 11.6 Å². The molecule has 0 bridgehead atoms. The van der Waals surface area contributed by atoms with E-state index in [4.69, 9.17) is 11.6 Å². The van der Waals surface area contributed by atoms with Gasteiger partial charge >= 0.3 is 0 Å². The number of aliphatic hydroxyl groups is 1. The summed E-state index contributed by atoms with van der Waals surface area (Å²) in [6.07, 6.45) is 1.15. The first-order valence-corrected chi connectivity index (χ1v) is 7.07. The standard InChI is InChI=1S/C17H18ClFO/c1-12-4-2-5-13(8-12)9-14(11-20)10-15-16(18)6-3-7-17(15)19/h2-8,14,20H,9-11H2,1H3. The minimum Gasteiger partial charge on any atom is -0.396 e. The van der Waals surface area contributed by atoms with E-state index in [-0.39, 0.29) is 18.3 Å². The lowest BCUT2D eigenvalue weighted by atomic mass is 9.92. The molecule has 1 unspecified atom stereocenters. The summed E-state index contributed by atoms with van der Waals surface area (Å²) in [5, 5.41) is 9.96. The summed E-state index contributed by atoms with van der Waals surface area (Å²) in [6.45, 7) is 2.05. The zero-order valence-corrected chi connectivity index (χ0v) is 12.2. The maximum atomic E-state index is 13.8. The second-order valence-corrected chi connectivity index (χ2v) is 5.55. The number of aliphatic hydroxyl groups excluding tert-OH is 1. The van der Waals surface area contributed by atoms with Crippen molar-refractivity contribution in [1.82, 2.24) is 0 Å². The van der Waals surface area contributed by atoms with Crippen LogP contribution in [0.15, 0.2) is 42.5 Å². The van der Waals surface area contributed by atoms with E-state index < -0.39 is 0 Å². The Morgan fingerprint density at radius 3 is 2.55 bits per heavy atom. The molecule has 0 radical (unpaired) electrons. The molecule has 0 saturated heterocycles. The summed E-state index contributed by atoms with van der Waals surface area (Å²) in [5.74, 6) is -0.341. The molecule has 0 heterocycles. The molecule has 0 spiro atoms. The van der Waals surface area contributed by atoms with Gasteiger partial charge in [0, 0.05) is 17.2 Å². The Hall–Kier alpha value is -1.38. The molecule has 0 saturated carbocycles. The van der Waals surface area contributed by atoms with Crippen molar-refractivity contribution in [1.29, 1.82) is 0 Å². The largest absolute Gasteiger partial charge is 0.396 e. The maximum Gasteiger partial charge on any atom is 0.127 e. The molecular formula is C17H18ClFO. The van der Waals surface area contributed by atoms with Crippen LogP contribution in [0.4, 0.5) is 4.39 Å². The van der Waals surface area contributed by atoms with Gasteiger partial charge in [-0.2, -0.15) is 0 Å². The second kappa shape index (κ2) is 6.87. The number of rotatable bonds is 5. The third kappa shape index (κ3) is 3.81. The van der Waals surface area contributed by atoms with E-state index in [0.29, 0.717) is 23.4 Å². The zero-order valence-electron chi connectivity index (χ0n) is 11.4. The van der Waals surface area contributed by atoms with Gasteiger partial charge in [0.2, 0.25) is 0 Å². The molecule has 1 N–H and O–H groups in total. The minimum absolute atomic E-state index is 0.0125. The molecule has 1 nitrogen and oxygen atoms in total. The van der Waals surface area contributed by atoms with Crippen molar-refractivity contribution in [3.8, 4) is 0 Å². The fraction of sp³-hybridized carbons (Fsp3) is 0.294. The van der Waals surface area contributed by atoms with Crippen LogP contribution < -0.4 is 0 Å². The van der Waals surface area contributed by atoms with Crippen LogP contribution in [0.2, 0.25) is 5.02 Å². The highest BCUT2D eigenvalue weighted by molar-refractivity contribution is 6.31. The predicted molar refractivity (Wildman–Crippen MR) is 80.6 cm³/mol. The van der Waals surface area contributed by atoms with E-state index in [9.17, 15) is 9.50 Å². The summed E-state index contributed by atoms with van der Waals surface area (Å²) in [4.78, 5) is 0. The smallest absolute Gasteiger partial charge is 0.127 e. The first kappa shape index (κ1) is 15.0. The minimum atomic E-state index is -0.305. The molecular weight excluding hydrogens is 275 g/mol. The van der Waals surface area contributed by atoms with Crippen LogP contribution in [-0.2, 0) is 12.8 Å². The molecule has 2 aromatic rings. The van der Waals surface area contributed by atoms with E-state index in [1.54, 1.807) is 12.1 Å². The number of halogens is 2. The molecule has 2 aromatic carbocycles. The van der Waals surface area contributed by atoms with Gasteiger partial charge in [0.05, 0.1) is 0 Å². The Morgan fingerprint density at radius 1 is 1.15 bits per heavy atom. The van der Waals surface area contributed by atoms with Crippen LogP contribution in [0.5, 0.6) is 0 Å². The van der Waals surface area contributed by atoms with Gasteiger partial charge in [0.25, 0.3) is 0 Å². The predicted octanol–water partition coefficient (Wildman–Crippen LogP) is 4.18. The van der Waals surface area contributed by atoms with Gasteiger partial charge in [-0.05, 0) is 43.4 Å². The van der Waals surface area contributed by atoms with Crippen molar-refractivity contribution in [3.63, 3.8) is 0 Å². The summed E-state index contributed by atoms with van der Waals surface area (Å²) in [7, 11) is 0. The molecule has 1 atom stereocenters. The first-order valence-electron chi connectivity index (χ1n) is 6.69. The van der Waals surface area contributed by atoms with Gasteiger partial charge in [0.15, 0.2) is 0 Å². The van der Waals surface area contributed by atoms with Crippen LogP contribution in [-0.4, -0.2) is 11.7 Å². The maximum absolute atomic E-state index is 13.8. The number of benzene rings is 2. The lowest BCUT2D eigenvalue weighted by Crippen LogP contribution is -2.14. The molecule has 0 aliphatic heterocycles. The molecule has 2 rings (SSSR count). The summed E-state index contributed by atoms with van der Waals surface area (Å²) >= 11 is 6.04. The second-order valence-electron chi connectivity index (χ2n) is 5.15. The summed E-state index contributed by atoms with van der Waals surface area (Å²) in [5.41, 5.74) is 2.82. The molecule has 3 heteroatoms. The van der Waals surface area contributed by atoms with Crippen molar-refractivity contribution in [3.05, 3.63) is 70.0 Å². The average molecular weight is 293 g/mol. The summed E-state index contributed by atoms with van der Waals surface area (Å²) in [6, 6.07) is 12.8. The van der Waals surface area contributed by atoms with Gasteiger partial charge in [-0.1, -0.05) is 47.5 Å². The number of hydrogen-bond acceptors (Lipinski definition) is 1. The average Bonchev–Trinajstić information content (AvgIpc) is 2.42. The lowest BCUT2D eigenvalue weighted by molar-refractivity contribution is 0.224. The molecule has 0 aliphatic carbocycles. The Bertz CT molecular complexity index is 563. The quantitative estimate of drug-likeness (QED) is 0.876. The highest BCUT2D eigenvalue weighted by Crippen LogP contribution is 2.24. The molecule has 106 valence electrons. The highest BCUT2D eigenvalue weighted by atomic mass is 35.5. The van der Waals surface area contributed by atoms with Crippen molar-refractivity contribution < 1.29 is 9.50 Å². The lowest BCUT2D eigenvalue weighted by Gasteiger charge is -2.16. The number of aryl methyl sites for hydroxylation is 1. The van der Waals surface area contributed by atoms with Crippen LogP contribution in [0.1, 0.15) is 16.7 Å². The topological polar surface area (TPSA) is 20.2 Å². The SMILES string of the molecule is Cc1cccc(CC(CO)Cc2c(F)cccc2Cl)c1. The normalized spacial score (nSPS) is 12.4. The fourth-order valence-electron chi connectivity index (χ4n) is 2.39. The van der Waals surface area contributed by atoms with Crippen molar-refractivity contribution >= 4 is 11.6 Å². The van der Waals surface area contributed by atoms with Gasteiger partial charge in [-0.15, -0.1) is 0 Å². The summed E-state index contributed by atoms with van der Waals surface area (Å²) < 4.78 is 13.8. The molecule has 0 aliphatic rings. The fourth-order valence-corrected chi connectivity index (χ4v) is 2.63. The van der Waals surface area contributed by atoms with Gasteiger partial charge < -0.3 is 5.11 Å². The molecule has 0 amide bonds. The monoisotopic (exact) mass is 292 g/mol. The first-order chi connectivity index (χ1) is 9.60. The van der Waals surface area contributed by atoms with E-state index in [1.807, 2.05) is 25.1 Å². The van der Waals surface area contributed by atoms with Crippen LogP contribution in [0, 0.1) is 18.7 Å². The van der Waals surface area contributed by atoms with E-state index in [2.05, 4.69) is 6.07 Å². The van der Waals surface area contributed by atoms with Crippen LogP contribution in [0.25, 0.3) is 0 Å². The molecule has 0 fully saturated rings. The van der Waals surface area contributed by atoms with Crippen LogP contribution in [0.3, 0.4) is 0 Å². The third-order valence-electron chi connectivity index (χ3n) is 3.42. The Balaban J connectivity index is 2.13.